The van der Waals surface area contributed by atoms with Crippen molar-refractivity contribution in [2.24, 2.45) is 0 Å². The average molecular weight is 377 g/mol. The van der Waals surface area contributed by atoms with Crippen molar-refractivity contribution in [1.29, 1.82) is 0 Å². The number of methoxy groups -OCH3 is 1. The van der Waals surface area contributed by atoms with Crippen LogP contribution in [-0.4, -0.2) is 24.0 Å². The molecule has 0 heterocycles. The Labute approximate surface area is 164 Å². The molecule has 0 aromatic heterocycles. The van der Waals surface area contributed by atoms with Crippen LogP contribution in [0.25, 0.3) is 10.8 Å². The fourth-order valence-corrected chi connectivity index (χ4v) is 3.05. The van der Waals surface area contributed by atoms with E-state index in [9.17, 15) is 14.8 Å². The molecule has 0 saturated carbocycles. The first-order valence-electron chi connectivity index (χ1n) is 9.26. The molecule has 0 aliphatic rings. The number of benzene rings is 3. The molecule has 5 nitrogen and oxygen atoms in total. The monoisotopic (exact) mass is 377 g/mol. The summed E-state index contributed by atoms with van der Waals surface area (Å²) in [5.74, 6) is 0.456. The summed E-state index contributed by atoms with van der Waals surface area (Å²) in [5, 5.41) is 12.6. The van der Waals surface area contributed by atoms with Gasteiger partial charge in [-0.1, -0.05) is 36.4 Å². The van der Waals surface area contributed by atoms with Gasteiger partial charge in [0.2, 0.25) is 0 Å². The quantitative estimate of drug-likeness (QED) is 0.259. The SMILES string of the molecule is COc1ccc2cc(C(=O)CCCCC(=O)N(O)c3ccccc3)ccc2c1. The Kier molecular flexibility index (Phi) is 6.40. The molecule has 3 aromatic carbocycles. The smallest absolute Gasteiger partial charge is 0.250 e. The first kappa shape index (κ1) is 19.6. The molecular weight excluding hydrogens is 354 g/mol. The number of hydrogen-bond acceptors (Lipinski definition) is 4. The maximum absolute atomic E-state index is 12.4. The van der Waals surface area contributed by atoms with E-state index >= 15 is 0 Å². The summed E-state index contributed by atoms with van der Waals surface area (Å²) in [5.41, 5.74) is 1.11. The Balaban J connectivity index is 1.50. The minimum atomic E-state index is -0.377. The van der Waals surface area contributed by atoms with Crippen LogP contribution in [0.1, 0.15) is 36.0 Å². The Bertz CT molecular complexity index is 969. The standard InChI is InChI=1S/C23H23NO4/c1-28-21-14-13-17-15-19(12-11-18(17)16-21)22(25)9-5-6-10-23(26)24(27)20-7-3-2-4-8-20/h2-4,7-8,11-16,27H,5-6,9-10H2,1H3. The number of rotatable bonds is 8. The maximum Gasteiger partial charge on any atom is 0.250 e. The number of hydrogen-bond donors (Lipinski definition) is 1. The normalized spacial score (nSPS) is 10.6. The van der Waals surface area contributed by atoms with E-state index in [0.29, 0.717) is 35.6 Å². The van der Waals surface area contributed by atoms with E-state index in [1.807, 2.05) is 42.5 Å². The van der Waals surface area contributed by atoms with Crippen molar-refractivity contribution in [2.75, 3.05) is 12.2 Å². The van der Waals surface area contributed by atoms with Gasteiger partial charge in [-0.3, -0.25) is 14.8 Å². The van der Waals surface area contributed by atoms with E-state index in [0.717, 1.165) is 16.5 Å². The molecule has 1 N–H and O–H groups in total. The number of carbonyl (C=O) groups is 2. The zero-order valence-electron chi connectivity index (χ0n) is 15.8. The lowest BCUT2D eigenvalue weighted by Gasteiger charge is -2.14. The summed E-state index contributed by atoms with van der Waals surface area (Å²) >= 11 is 0. The number of hydroxylamine groups is 1. The van der Waals surface area contributed by atoms with Crippen LogP contribution in [0, 0.1) is 0 Å². The third-order valence-electron chi connectivity index (χ3n) is 4.65. The Morgan fingerprint density at radius 3 is 2.32 bits per heavy atom. The molecule has 0 aliphatic heterocycles. The summed E-state index contributed by atoms with van der Waals surface area (Å²) in [6, 6.07) is 20.0. The number of unbranched alkanes of at least 4 members (excludes halogenated alkanes) is 1. The van der Waals surface area contributed by atoms with Crippen LogP contribution in [0.15, 0.2) is 66.7 Å². The lowest BCUT2D eigenvalue weighted by atomic mass is 10.0. The van der Waals surface area contributed by atoms with Gasteiger partial charge in [0, 0.05) is 18.4 Å². The molecule has 144 valence electrons. The fourth-order valence-electron chi connectivity index (χ4n) is 3.05. The predicted molar refractivity (Wildman–Crippen MR) is 109 cm³/mol. The molecule has 0 unspecified atom stereocenters. The van der Waals surface area contributed by atoms with Crippen LogP contribution in [0.2, 0.25) is 0 Å². The van der Waals surface area contributed by atoms with Crippen molar-refractivity contribution in [3.05, 3.63) is 72.3 Å². The highest BCUT2D eigenvalue weighted by Crippen LogP contribution is 2.23. The van der Waals surface area contributed by atoms with Gasteiger partial charge in [0.1, 0.15) is 5.75 Å². The molecule has 0 saturated heterocycles. The van der Waals surface area contributed by atoms with Gasteiger partial charge >= 0.3 is 0 Å². The highest BCUT2D eigenvalue weighted by Gasteiger charge is 2.13. The summed E-state index contributed by atoms with van der Waals surface area (Å²) < 4.78 is 5.21. The van der Waals surface area contributed by atoms with Crippen LogP contribution in [0.5, 0.6) is 5.75 Å². The molecule has 0 fully saturated rings. The third kappa shape index (κ3) is 4.75. The van der Waals surface area contributed by atoms with Crippen LogP contribution < -0.4 is 9.80 Å². The molecule has 0 aliphatic carbocycles. The van der Waals surface area contributed by atoms with E-state index in [4.69, 9.17) is 4.74 Å². The molecule has 0 atom stereocenters. The molecule has 0 spiro atoms. The first-order valence-corrected chi connectivity index (χ1v) is 9.26. The molecule has 28 heavy (non-hydrogen) atoms. The summed E-state index contributed by atoms with van der Waals surface area (Å²) in [4.78, 5) is 24.5. The number of para-hydroxylation sites is 1. The van der Waals surface area contributed by atoms with Gasteiger partial charge in [-0.15, -0.1) is 0 Å². The number of amides is 1. The van der Waals surface area contributed by atoms with Crippen LogP contribution in [-0.2, 0) is 4.79 Å². The number of anilines is 1. The van der Waals surface area contributed by atoms with E-state index in [2.05, 4.69) is 0 Å². The maximum atomic E-state index is 12.4. The van der Waals surface area contributed by atoms with Crippen molar-refractivity contribution in [3.8, 4) is 5.75 Å². The van der Waals surface area contributed by atoms with Crippen LogP contribution in [0.3, 0.4) is 0 Å². The van der Waals surface area contributed by atoms with Gasteiger partial charge in [0.25, 0.3) is 5.91 Å². The van der Waals surface area contributed by atoms with E-state index in [-0.39, 0.29) is 18.1 Å². The van der Waals surface area contributed by atoms with Gasteiger partial charge in [-0.05, 0) is 53.9 Å². The van der Waals surface area contributed by atoms with Gasteiger partial charge in [0.05, 0.1) is 12.8 Å². The Morgan fingerprint density at radius 1 is 0.893 bits per heavy atom. The van der Waals surface area contributed by atoms with Gasteiger partial charge < -0.3 is 4.74 Å². The van der Waals surface area contributed by atoms with Gasteiger partial charge in [-0.2, -0.15) is 5.06 Å². The van der Waals surface area contributed by atoms with Crippen molar-refractivity contribution in [3.63, 3.8) is 0 Å². The third-order valence-corrected chi connectivity index (χ3v) is 4.65. The summed E-state index contributed by atoms with van der Waals surface area (Å²) in [6.07, 6.45) is 1.69. The van der Waals surface area contributed by atoms with E-state index in [1.54, 1.807) is 31.4 Å². The van der Waals surface area contributed by atoms with Crippen molar-refractivity contribution < 1.29 is 19.5 Å². The summed E-state index contributed by atoms with van der Waals surface area (Å²) in [7, 11) is 1.62. The van der Waals surface area contributed by atoms with Crippen molar-refractivity contribution >= 4 is 28.2 Å². The lowest BCUT2D eigenvalue weighted by Crippen LogP contribution is -2.26. The van der Waals surface area contributed by atoms with Crippen molar-refractivity contribution in [2.45, 2.75) is 25.7 Å². The second-order valence-corrected chi connectivity index (χ2v) is 6.60. The minimum Gasteiger partial charge on any atom is -0.497 e. The molecule has 0 bridgehead atoms. The Hall–Kier alpha value is -3.18. The van der Waals surface area contributed by atoms with E-state index in [1.165, 1.54) is 0 Å². The zero-order valence-corrected chi connectivity index (χ0v) is 15.8. The van der Waals surface area contributed by atoms with Crippen molar-refractivity contribution in [1.82, 2.24) is 0 Å². The molecular formula is C23H23NO4. The van der Waals surface area contributed by atoms with Crippen LogP contribution in [0.4, 0.5) is 5.69 Å². The summed E-state index contributed by atoms with van der Waals surface area (Å²) in [6.45, 7) is 0. The number of nitrogens with zero attached hydrogens (tertiary/aromatic N) is 1. The first-order chi connectivity index (χ1) is 13.6. The van der Waals surface area contributed by atoms with Gasteiger partial charge in [0.15, 0.2) is 5.78 Å². The number of ether oxygens (including phenoxy) is 1. The zero-order chi connectivity index (χ0) is 19.9. The molecule has 1 amide bonds. The van der Waals surface area contributed by atoms with Gasteiger partial charge in [-0.25, -0.2) is 0 Å². The fraction of sp³-hybridized carbons (Fsp3) is 0.217. The topological polar surface area (TPSA) is 66.8 Å². The molecule has 3 aromatic rings. The highest BCUT2D eigenvalue weighted by molar-refractivity contribution is 6.00. The second-order valence-electron chi connectivity index (χ2n) is 6.60. The number of carbonyl (C=O) groups excluding carboxylic acids is 2. The van der Waals surface area contributed by atoms with Crippen LogP contribution >= 0.6 is 0 Å². The number of ketones is 1. The number of fused-ring (bicyclic) bond motifs is 1. The number of Topliss-reactive ketones (excluding diaryl/α,β-unsaturated/α-hetero) is 1. The van der Waals surface area contributed by atoms with E-state index < -0.39 is 0 Å². The molecule has 3 rings (SSSR count). The average Bonchev–Trinajstić information content (AvgIpc) is 2.75. The molecule has 5 heteroatoms. The minimum absolute atomic E-state index is 0.0501. The highest BCUT2D eigenvalue weighted by atomic mass is 16.5. The second kappa shape index (κ2) is 9.15. The largest absolute Gasteiger partial charge is 0.497 e. The lowest BCUT2D eigenvalue weighted by molar-refractivity contribution is -0.123. The predicted octanol–water partition coefficient (Wildman–Crippen LogP) is 5.01. The molecule has 0 radical (unpaired) electrons. The Morgan fingerprint density at radius 2 is 1.57 bits per heavy atom.